The number of nitrogens with two attached hydrogens (primary N) is 1. The van der Waals surface area contributed by atoms with Crippen LogP contribution in [-0.2, 0) is 10.0 Å². The lowest BCUT2D eigenvalue weighted by molar-refractivity contribution is 0.228. The monoisotopic (exact) mass is 304 g/mol. The van der Waals surface area contributed by atoms with Crippen molar-refractivity contribution in [1.29, 1.82) is 0 Å². The van der Waals surface area contributed by atoms with Gasteiger partial charge in [-0.3, -0.25) is 0 Å². The van der Waals surface area contributed by atoms with E-state index in [0.29, 0.717) is 18.4 Å². The number of anilines is 1. The Balaban J connectivity index is 2.72. The van der Waals surface area contributed by atoms with Gasteiger partial charge in [0.1, 0.15) is 10.7 Å². The number of aliphatic hydroxyl groups excluding tert-OH is 1. The van der Waals surface area contributed by atoms with Crippen molar-refractivity contribution >= 4 is 15.7 Å². The summed E-state index contributed by atoms with van der Waals surface area (Å²) >= 11 is 0. The fraction of sp³-hybridized carbons (Fsp3) is 0.538. The lowest BCUT2D eigenvalue weighted by Gasteiger charge is -2.11. The minimum atomic E-state index is -3.90. The number of hydrogen-bond donors (Lipinski definition) is 3. The molecule has 114 valence electrons. The van der Waals surface area contributed by atoms with E-state index in [2.05, 4.69) is 4.72 Å². The van der Waals surface area contributed by atoms with Crippen LogP contribution in [0.3, 0.4) is 0 Å². The molecule has 0 saturated carbocycles. The van der Waals surface area contributed by atoms with Crippen molar-refractivity contribution in [2.75, 3.05) is 18.9 Å². The maximum absolute atomic E-state index is 13.7. The van der Waals surface area contributed by atoms with E-state index < -0.39 is 20.7 Å². The van der Waals surface area contributed by atoms with Crippen molar-refractivity contribution in [3.63, 3.8) is 0 Å². The molecule has 0 heterocycles. The molecule has 0 radical (unpaired) electrons. The van der Waals surface area contributed by atoms with Gasteiger partial charge in [0, 0.05) is 18.8 Å². The molecule has 0 bridgehead atoms. The molecule has 1 unspecified atom stereocenters. The zero-order valence-corrected chi connectivity index (χ0v) is 12.5. The highest BCUT2D eigenvalue weighted by atomic mass is 32.2. The Morgan fingerprint density at radius 2 is 2.10 bits per heavy atom. The third kappa shape index (κ3) is 4.43. The van der Waals surface area contributed by atoms with E-state index in [0.717, 1.165) is 12.1 Å². The summed E-state index contributed by atoms with van der Waals surface area (Å²) in [4.78, 5) is -0.434. The normalized spacial score (nSPS) is 13.4. The third-order valence-corrected chi connectivity index (χ3v) is 4.56. The lowest BCUT2D eigenvalue weighted by Crippen LogP contribution is -2.26. The molecule has 0 aliphatic heterocycles. The van der Waals surface area contributed by atoms with Crippen LogP contribution in [0, 0.1) is 18.7 Å². The van der Waals surface area contributed by atoms with Gasteiger partial charge >= 0.3 is 0 Å². The molecular weight excluding hydrogens is 283 g/mol. The second kappa shape index (κ2) is 7.01. The molecule has 1 rings (SSSR count). The summed E-state index contributed by atoms with van der Waals surface area (Å²) in [6.45, 7) is 3.74. The van der Waals surface area contributed by atoms with E-state index in [-0.39, 0.29) is 24.8 Å². The molecule has 4 N–H and O–H groups in total. The summed E-state index contributed by atoms with van der Waals surface area (Å²) in [6.07, 6.45) is 1.27. The number of hydrogen-bond acceptors (Lipinski definition) is 4. The number of nitrogen functional groups attached to an aromatic ring is 1. The first-order chi connectivity index (χ1) is 9.27. The molecule has 0 fully saturated rings. The van der Waals surface area contributed by atoms with E-state index in [1.54, 1.807) is 6.92 Å². The van der Waals surface area contributed by atoms with Gasteiger partial charge in [0.15, 0.2) is 0 Å². The Labute approximate surface area is 119 Å². The number of benzene rings is 1. The molecule has 7 heteroatoms. The fourth-order valence-corrected chi connectivity index (χ4v) is 2.87. The highest BCUT2D eigenvalue weighted by Gasteiger charge is 2.19. The Bertz CT molecular complexity index is 561. The largest absolute Gasteiger partial charge is 0.398 e. The van der Waals surface area contributed by atoms with Crippen molar-refractivity contribution in [3.8, 4) is 0 Å². The molecule has 1 aromatic rings. The molecule has 0 aromatic heterocycles. The standard InChI is InChI=1S/C13H21FN2O3S/c1-9(8-17)4-3-5-16-20(18,19)13-7-12(15)10(2)6-11(13)14/h6-7,9,16-17H,3-5,8,15H2,1-2H3. The van der Waals surface area contributed by atoms with E-state index in [4.69, 9.17) is 10.8 Å². The number of aliphatic hydroxyl groups is 1. The van der Waals surface area contributed by atoms with Crippen molar-refractivity contribution in [3.05, 3.63) is 23.5 Å². The molecule has 20 heavy (non-hydrogen) atoms. The smallest absolute Gasteiger partial charge is 0.243 e. The molecule has 0 amide bonds. The Morgan fingerprint density at radius 1 is 1.45 bits per heavy atom. The first kappa shape index (κ1) is 16.9. The van der Waals surface area contributed by atoms with Gasteiger partial charge in [-0.15, -0.1) is 0 Å². The highest BCUT2D eigenvalue weighted by molar-refractivity contribution is 7.89. The maximum Gasteiger partial charge on any atom is 0.243 e. The molecule has 5 nitrogen and oxygen atoms in total. The van der Waals surface area contributed by atoms with Gasteiger partial charge in [0.25, 0.3) is 0 Å². The van der Waals surface area contributed by atoms with Crippen LogP contribution in [0.4, 0.5) is 10.1 Å². The SMILES string of the molecule is Cc1cc(F)c(S(=O)(=O)NCCCC(C)CO)cc1N. The van der Waals surface area contributed by atoms with Gasteiger partial charge in [-0.2, -0.15) is 0 Å². The summed E-state index contributed by atoms with van der Waals surface area (Å²) in [7, 11) is -3.90. The zero-order chi connectivity index (χ0) is 15.3. The summed E-state index contributed by atoms with van der Waals surface area (Å²) in [5.41, 5.74) is 6.35. The molecule has 0 saturated heterocycles. The fourth-order valence-electron chi connectivity index (χ4n) is 1.70. The van der Waals surface area contributed by atoms with Crippen LogP contribution in [0.2, 0.25) is 0 Å². The lowest BCUT2D eigenvalue weighted by atomic mass is 10.1. The van der Waals surface area contributed by atoms with E-state index >= 15 is 0 Å². The maximum atomic E-state index is 13.7. The average Bonchev–Trinajstić information content (AvgIpc) is 2.38. The zero-order valence-electron chi connectivity index (χ0n) is 11.7. The molecule has 1 atom stereocenters. The van der Waals surface area contributed by atoms with Crippen LogP contribution in [0.25, 0.3) is 0 Å². The number of aryl methyl sites for hydroxylation is 1. The molecule has 0 aliphatic rings. The van der Waals surface area contributed by atoms with Crippen LogP contribution in [0.5, 0.6) is 0 Å². The van der Waals surface area contributed by atoms with Crippen LogP contribution < -0.4 is 10.5 Å². The summed E-state index contributed by atoms with van der Waals surface area (Å²) in [6, 6.07) is 2.24. The molecule has 1 aromatic carbocycles. The summed E-state index contributed by atoms with van der Waals surface area (Å²) in [5, 5.41) is 8.86. The van der Waals surface area contributed by atoms with Crippen LogP contribution >= 0.6 is 0 Å². The predicted octanol–water partition coefficient (Wildman–Crippen LogP) is 1.40. The van der Waals surface area contributed by atoms with Gasteiger partial charge in [-0.05, 0) is 43.4 Å². The molecule has 0 aliphatic carbocycles. The first-order valence-corrected chi connectivity index (χ1v) is 7.92. The topological polar surface area (TPSA) is 92.4 Å². The molecule has 0 spiro atoms. The van der Waals surface area contributed by atoms with Crippen LogP contribution in [-0.4, -0.2) is 26.7 Å². The Morgan fingerprint density at radius 3 is 2.70 bits per heavy atom. The average molecular weight is 304 g/mol. The minimum Gasteiger partial charge on any atom is -0.398 e. The highest BCUT2D eigenvalue weighted by Crippen LogP contribution is 2.21. The third-order valence-electron chi connectivity index (χ3n) is 3.09. The van der Waals surface area contributed by atoms with Gasteiger partial charge in [-0.1, -0.05) is 6.92 Å². The van der Waals surface area contributed by atoms with E-state index in [1.807, 2.05) is 6.92 Å². The van der Waals surface area contributed by atoms with Gasteiger partial charge in [-0.25, -0.2) is 17.5 Å². The Kier molecular flexibility index (Phi) is 5.91. The van der Waals surface area contributed by atoms with Crippen LogP contribution in [0.1, 0.15) is 25.3 Å². The predicted molar refractivity (Wildman–Crippen MR) is 76.2 cm³/mol. The second-order valence-corrected chi connectivity index (χ2v) is 6.70. The van der Waals surface area contributed by atoms with Crippen molar-refractivity contribution < 1.29 is 17.9 Å². The Hall–Kier alpha value is -1.18. The number of rotatable bonds is 7. The molecular formula is C13H21FN2O3S. The van der Waals surface area contributed by atoms with Crippen LogP contribution in [0.15, 0.2) is 17.0 Å². The van der Waals surface area contributed by atoms with Gasteiger partial charge in [0.05, 0.1) is 0 Å². The van der Waals surface area contributed by atoms with Crippen molar-refractivity contribution in [2.45, 2.75) is 31.6 Å². The number of halogens is 1. The quantitative estimate of drug-likeness (QED) is 0.524. The minimum absolute atomic E-state index is 0.0654. The van der Waals surface area contributed by atoms with Crippen molar-refractivity contribution in [1.82, 2.24) is 4.72 Å². The van der Waals surface area contributed by atoms with E-state index in [9.17, 15) is 12.8 Å². The summed E-state index contributed by atoms with van der Waals surface area (Å²) in [5.74, 6) is -0.695. The first-order valence-electron chi connectivity index (χ1n) is 6.44. The summed E-state index contributed by atoms with van der Waals surface area (Å²) < 4.78 is 40.0. The van der Waals surface area contributed by atoms with E-state index in [1.165, 1.54) is 0 Å². The second-order valence-electron chi connectivity index (χ2n) is 4.97. The van der Waals surface area contributed by atoms with Crippen molar-refractivity contribution in [2.24, 2.45) is 5.92 Å². The number of sulfonamides is 1. The number of nitrogens with one attached hydrogen (secondary N) is 1. The van der Waals surface area contributed by atoms with Gasteiger partial charge < -0.3 is 10.8 Å². The van der Waals surface area contributed by atoms with Gasteiger partial charge in [0.2, 0.25) is 10.0 Å².